The number of rotatable bonds is 5. The van der Waals surface area contributed by atoms with Crippen LogP contribution >= 0.6 is 0 Å². The maximum absolute atomic E-state index is 11.9. The summed E-state index contributed by atoms with van der Waals surface area (Å²) in [6.07, 6.45) is 0.241. The molecule has 110 valence electrons. The van der Waals surface area contributed by atoms with Crippen LogP contribution in [0.4, 0.5) is 11.4 Å². The van der Waals surface area contributed by atoms with Gasteiger partial charge in [0.05, 0.1) is 12.8 Å². The predicted molar refractivity (Wildman–Crippen MR) is 80.6 cm³/mol. The molecule has 2 aromatic rings. The summed E-state index contributed by atoms with van der Waals surface area (Å²) < 4.78 is 10.1. The van der Waals surface area contributed by atoms with Gasteiger partial charge in [-0.15, -0.1) is 0 Å². The lowest BCUT2D eigenvalue weighted by Gasteiger charge is -2.11. The van der Waals surface area contributed by atoms with Crippen LogP contribution in [0.1, 0.15) is 29.5 Å². The molecule has 0 aliphatic rings. The highest BCUT2D eigenvalue weighted by atomic mass is 16.5. The highest BCUT2D eigenvalue weighted by Gasteiger charge is 2.17. The largest absolute Gasteiger partial charge is 0.497 e. The fraction of sp³-hybridized carbons (Fsp3) is 0.250. The third kappa shape index (κ3) is 3.31. The molecule has 1 aromatic heterocycles. The molecule has 0 saturated heterocycles. The Morgan fingerprint density at radius 1 is 1.29 bits per heavy atom. The quantitative estimate of drug-likeness (QED) is 0.854. The van der Waals surface area contributed by atoms with E-state index >= 15 is 0 Å². The Balaban J connectivity index is 2.42. The number of nitrogens with one attached hydrogen (secondary N) is 1. The van der Waals surface area contributed by atoms with Crippen LogP contribution in [0.3, 0.4) is 0 Å². The Labute approximate surface area is 122 Å². The summed E-state index contributed by atoms with van der Waals surface area (Å²) in [6, 6.07) is 8.85. The summed E-state index contributed by atoms with van der Waals surface area (Å²) >= 11 is 0. The molecule has 0 amide bonds. The fourth-order valence-corrected chi connectivity index (χ4v) is 1.98. The number of Topliss-reactive ketones (excluding diaryl/α,β-unsaturated/α-hetero) is 1. The number of carbonyl (C=O) groups excluding carboxylic acids is 1. The molecule has 0 radical (unpaired) electrons. The summed E-state index contributed by atoms with van der Waals surface area (Å²) in [6.45, 7) is 3.37. The van der Waals surface area contributed by atoms with Gasteiger partial charge >= 0.3 is 5.63 Å². The molecule has 0 aliphatic carbocycles. The van der Waals surface area contributed by atoms with Crippen molar-refractivity contribution in [3.63, 3.8) is 0 Å². The van der Waals surface area contributed by atoms with Crippen LogP contribution in [0.5, 0.6) is 5.75 Å². The first-order valence-electron chi connectivity index (χ1n) is 6.64. The van der Waals surface area contributed by atoms with E-state index < -0.39 is 5.63 Å². The zero-order chi connectivity index (χ0) is 15.4. The van der Waals surface area contributed by atoms with Gasteiger partial charge in [0, 0.05) is 18.2 Å². The average molecular weight is 287 g/mol. The normalized spacial score (nSPS) is 10.2. The fourth-order valence-electron chi connectivity index (χ4n) is 1.98. The van der Waals surface area contributed by atoms with Gasteiger partial charge in [-0.05, 0) is 31.2 Å². The van der Waals surface area contributed by atoms with Crippen LogP contribution in [0.2, 0.25) is 0 Å². The van der Waals surface area contributed by atoms with E-state index in [0.717, 1.165) is 11.4 Å². The van der Waals surface area contributed by atoms with E-state index in [-0.39, 0.29) is 17.8 Å². The Morgan fingerprint density at radius 2 is 1.95 bits per heavy atom. The van der Waals surface area contributed by atoms with E-state index in [1.54, 1.807) is 39.2 Å². The standard InChI is InChI=1S/C16H17NO4/c1-4-14(18)15-13(9-10(2)21-16(15)19)17-11-5-7-12(20-3)8-6-11/h5-9,17H,4H2,1-3H3. The van der Waals surface area contributed by atoms with E-state index in [2.05, 4.69) is 5.32 Å². The van der Waals surface area contributed by atoms with E-state index in [1.165, 1.54) is 0 Å². The Morgan fingerprint density at radius 3 is 2.52 bits per heavy atom. The minimum atomic E-state index is -0.613. The zero-order valence-corrected chi connectivity index (χ0v) is 12.2. The zero-order valence-electron chi connectivity index (χ0n) is 12.2. The third-order valence-corrected chi connectivity index (χ3v) is 3.04. The summed E-state index contributed by atoms with van der Waals surface area (Å²) in [5.74, 6) is 0.928. The van der Waals surface area contributed by atoms with Crippen LogP contribution in [0, 0.1) is 6.92 Å². The SMILES string of the molecule is CCC(=O)c1c(Nc2ccc(OC)cc2)cc(C)oc1=O. The van der Waals surface area contributed by atoms with Crippen LogP contribution in [-0.2, 0) is 0 Å². The number of hydrogen-bond acceptors (Lipinski definition) is 5. The van der Waals surface area contributed by atoms with Gasteiger partial charge in [-0.1, -0.05) is 6.92 Å². The molecule has 5 nitrogen and oxygen atoms in total. The number of hydrogen-bond donors (Lipinski definition) is 1. The molecule has 0 atom stereocenters. The van der Waals surface area contributed by atoms with Crippen molar-refractivity contribution in [2.45, 2.75) is 20.3 Å². The number of benzene rings is 1. The van der Waals surface area contributed by atoms with E-state index in [4.69, 9.17) is 9.15 Å². The van der Waals surface area contributed by atoms with Gasteiger partial charge < -0.3 is 14.5 Å². The molecule has 1 heterocycles. The Hall–Kier alpha value is -2.56. The van der Waals surface area contributed by atoms with Crippen LogP contribution in [0.25, 0.3) is 0 Å². The van der Waals surface area contributed by atoms with Gasteiger partial charge in [-0.2, -0.15) is 0 Å². The minimum Gasteiger partial charge on any atom is -0.497 e. The highest BCUT2D eigenvalue weighted by molar-refractivity contribution is 6.01. The first kappa shape index (κ1) is 14.8. The highest BCUT2D eigenvalue weighted by Crippen LogP contribution is 2.23. The van der Waals surface area contributed by atoms with E-state index in [0.29, 0.717) is 11.4 Å². The maximum atomic E-state index is 11.9. The van der Waals surface area contributed by atoms with Crippen molar-refractivity contribution in [3.8, 4) is 5.75 Å². The molecule has 1 N–H and O–H groups in total. The Kier molecular flexibility index (Phi) is 4.42. The molecule has 21 heavy (non-hydrogen) atoms. The monoisotopic (exact) mass is 287 g/mol. The molecule has 0 saturated carbocycles. The number of methoxy groups -OCH3 is 1. The van der Waals surface area contributed by atoms with E-state index in [1.807, 2.05) is 12.1 Å². The average Bonchev–Trinajstić information content (AvgIpc) is 2.47. The minimum absolute atomic E-state index is 0.0546. The number of carbonyl (C=O) groups is 1. The first-order chi connectivity index (χ1) is 10.0. The van der Waals surface area contributed by atoms with Gasteiger partial charge in [0.1, 0.15) is 17.1 Å². The van der Waals surface area contributed by atoms with Gasteiger partial charge in [-0.3, -0.25) is 4.79 Å². The second-order valence-electron chi connectivity index (χ2n) is 4.56. The van der Waals surface area contributed by atoms with Crippen molar-refractivity contribution in [3.05, 3.63) is 52.1 Å². The second-order valence-corrected chi connectivity index (χ2v) is 4.56. The molecule has 0 bridgehead atoms. The second kappa shape index (κ2) is 6.26. The van der Waals surface area contributed by atoms with Gasteiger partial charge in [0.15, 0.2) is 5.78 Å². The van der Waals surface area contributed by atoms with Crippen LogP contribution in [0.15, 0.2) is 39.5 Å². The van der Waals surface area contributed by atoms with Crippen molar-refractivity contribution in [2.75, 3.05) is 12.4 Å². The van der Waals surface area contributed by atoms with Gasteiger partial charge in [-0.25, -0.2) is 4.79 Å². The predicted octanol–water partition coefficient (Wildman–Crippen LogP) is 3.29. The summed E-state index contributed by atoms with van der Waals surface area (Å²) in [5, 5.41) is 3.08. The third-order valence-electron chi connectivity index (χ3n) is 3.04. The topological polar surface area (TPSA) is 68.5 Å². The molecule has 0 unspecified atom stereocenters. The molecule has 2 rings (SSSR count). The first-order valence-corrected chi connectivity index (χ1v) is 6.64. The summed E-state index contributed by atoms with van der Waals surface area (Å²) in [5.41, 5.74) is 0.656. The van der Waals surface area contributed by atoms with Gasteiger partial charge in [0.2, 0.25) is 0 Å². The van der Waals surface area contributed by atoms with Crippen molar-refractivity contribution < 1.29 is 13.9 Å². The van der Waals surface area contributed by atoms with Crippen LogP contribution < -0.4 is 15.7 Å². The number of aryl methyl sites for hydroxylation is 1. The van der Waals surface area contributed by atoms with Crippen molar-refractivity contribution in [1.82, 2.24) is 0 Å². The lowest BCUT2D eigenvalue weighted by Crippen LogP contribution is -2.16. The molecular formula is C16H17NO4. The lowest BCUT2D eigenvalue weighted by atomic mass is 10.1. The lowest BCUT2D eigenvalue weighted by molar-refractivity contribution is 0.0985. The van der Waals surface area contributed by atoms with Gasteiger partial charge in [0.25, 0.3) is 0 Å². The molecule has 0 spiro atoms. The molecular weight excluding hydrogens is 270 g/mol. The molecule has 0 fully saturated rings. The smallest absolute Gasteiger partial charge is 0.348 e. The van der Waals surface area contributed by atoms with Crippen LogP contribution in [-0.4, -0.2) is 12.9 Å². The van der Waals surface area contributed by atoms with Crippen molar-refractivity contribution >= 4 is 17.2 Å². The molecule has 1 aromatic carbocycles. The maximum Gasteiger partial charge on any atom is 0.348 e. The number of ketones is 1. The summed E-state index contributed by atoms with van der Waals surface area (Å²) in [4.78, 5) is 23.8. The molecule has 0 aliphatic heterocycles. The Bertz CT molecular complexity index is 701. The molecule has 5 heteroatoms. The summed E-state index contributed by atoms with van der Waals surface area (Å²) in [7, 11) is 1.59. The number of ether oxygens (including phenoxy) is 1. The van der Waals surface area contributed by atoms with E-state index in [9.17, 15) is 9.59 Å². The number of anilines is 2. The van der Waals surface area contributed by atoms with Crippen molar-refractivity contribution in [2.24, 2.45) is 0 Å². The van der Waals surface area contributed by atoms with Crippen molar-refractivity contribution in [1.29, 1.82) is 0 Å².